The number of phenols is 2. The lowest BCUT2D eigenvalue weighted by Crippen LogP contribution is -2.49. The zero-order valence-corrected chi connectivity index (χ0v) is 11.3. The summed E-state index contributed by atoms with van der Waals surface area (Å²) in [5, 5.41) is 22.7. The van der Waals surface area contributed by atoms with Crippen LogP contribution >= 0.6 is 0 Å². The Morgan fingerprint density at radius 2 is 2.00 bits per heavy atom. The molecule has 0 spiro atoms. The number of carbonyl (C=O) groups excluding carboxylic acids is 1. The van der Waals surface area contributed by atoms with Crippen molar-refractivity contribution in [1.29, 1.82) is 0 Å². The lowest BCUT2D eigenvalue weighted by molar-refractivity contribution is 0.0643. The number of amides is 1. The van der Waals surface area contributed by atoms with E-state index in [0.717, 1.165) is 6.42 Å². The molecule has 19 heavy (non-hydrogen) atoms. The second kappa shape index (κ2) is 5.48. The van der Waals surface area contributed by atoms with Crippen LogP contribution in [0.3, 0.4) is 0 Å². The monoisotopic (exact) mass is 264 g/mol. The summed E-state index contributed by atoms with van der Waals surface area (Å²) in [6, 6.07) is 4.74. The zero-order chi connectivity index (χ0) is 14.0. The van der Waals surface area contributed by atoms with Crippen molar-refractivity contribution in [2.24, 2.45) is 5.92 Å². The number of nitrogens with one attached hydrogen (secondary N) is 1. The lowest BCUT2D eigenvalue weighted by Gasteiger charge is -2.37. The smallest absolute Gasteiger partial charge is 0.261 e. The highest BCUT2D eigenvalue weighted by Crippen LogP contribution is 2.29. The van der Waals surface area contributed by atoms with Crippen molar-refractivity contribution < 1.29 is 15.0 Å². The molecule has 0 aromatic heterocycles. The standard InChI is InChI=1S/C14H20N2O3/c1-9-8-16(7-6-10(9)15-2)14(19)13-11(17)4-3-5-12(13)18/h3-5,9-10,15,17-18H,6-8H2,1-2H3. The van der Waals surface area contributed by atoms with Gasteiger partial charge in [0, 0.05) is 19.1 Å². The van der Waals surface area contributed by atoms with Gasteiger partial charge in [0.25, 0.3) is 5.91 Å². The van der Waals surface area contributed by atoms with Crippen LogP contribution in [0.5, 0.6) is 11.5 Å². The van der Waals surface area contributed by atoms with Crippen molar-refractivity contribution in [2.75, 3.05) is 20.1 Å². The maximum atomic E-state index is 12.4. The molecule has 0 radical (unpaired) electrons. The van der Waals surface area contributed by atoms with Crippen LogP contribution in [-0.2, 0) is 0 Å². The molecule has 5 heteroatoms. The summed E-state index contributed by atoms with van der Waals surface area (Å²) in [6.45, 7) is 3.34. The number of piperidine rings is 1. The third-order valence-corrected chi connectivity index (χ3v) is 3.80. The molecule has 1 heterocycles. The van der Waals surface area contributed by atoms with Crippen molar-refractivity contribution in [2.45, 2.75) is 19.4 Å². The quantitative estimate of drug-likeness (QED) is 0.749. The highest BCUT2D eigenvalue weighted by atomic mass is 16.3. The first-order valence-corrected chi connectivity index (χ1v) is 6.52. The molecule has 104 valence electrons. The predicted octanol–water partition coefficient (Wildman–Crippen LogP) is 1.17. The minimum Gasteiger partial charge on any atom is -0.507 e. The Balaban J connectivity index is 2.17. The Bertz CT molecular complexity index is 456. The van der Waals surface area contributed by atoms with Gasteiger partial charge in [0.15, 0.2) is 0 Å². The number of carbonyl (C=O) groups is 1. The molecule has 1 saturated heterocycles. The van der Waals surface area contributed by atoms with E-state index >= 15 is 0 Å². The highest BCUT2D eigenvalue weighted by Gasteiger charge is 2.30. The second-order valence-corrected chi connectivity index (χ2v) is 5.08. The third kappa shape index (κ3) is 2.66. The summed E-state index contributed by atoms with van der Waals surface area (Å²) in [7, 11) is 1.92. The van der Waals surface area contributed by atoms with Crippen LogP contribution < -0.4 is 5.32 Å². The maximum Gasteiger partial charge on any atom is 0.261 e. The van der Waals surface area contributed by atoms with Gasteiger partial charge < -0.3 is 20.4 Å². The predicted molar refractivity (Wildman–Crippen MR) is 72.3 cm³/mol. The van der Waals surface area contributed by atoms with Crippen LogP contribution in [0, 0.1) is 5.92 Å². The van der Waals surface area contributed by atoms with Crippen LogP contribution in [0.25, 0.3) is 0 Å². The molecule has 2 rings (SSSR count). The van der Waals surface area contributed by atoms with Crippen LogP contribution in [0.2, 0.25) is 0 Å². The fraction of sp³-hybridized carbons (Fsp3) is 0.500. The summed E-state index contributed by atoms with van der Waals surface area (Å²) in [5.41, 5.74) is -0.00222. The van der Waals surface area contributed by atoms with Gasteiger partial charge in [0.1, 0.15) is 17.1 Å². The van der Waals surface area contributed by atoms with E-state index in [2.05, 4.69) is 12.2 Å². The molecule has 0 saturated carbocycles. The van der Waals surface area contributed by atoms with Gasteiger partial charge in [0.05, 0.1) is 0 Å². The van der Waals surface area contributed by atoms with Crippen LogP contribution in [0.4, 0.5) is 0 Å². The van der Waals surface area contributed by atoms with Gasteiger partial charge >= 0.3 is 0 Å². The SMILES string of the molecule is CNC1CCN(C(=O)c2c(O)cccc2O)CC1C. The average molecular weight is 264 g/mol. The molecular weight excluding hydrogens is 244 g/mol. The van der Waals surface area contributed by atoms with Gasteiger partial charge in [-0.05, 0) is 31.5 Å². The number of rotatable bonds is 2. The van der Waals surface area contributed by atoms with E-state index in [9.17, 15) is 15.0 Å². The highest BCUT2D eigenvalue weighted by molar-refractivity contribution is 5.99. The first-order valence-electron chi connectivity index (χ1n) is 6.52. The van der Waals surface area contributed by atoms with Crippen molar-refractivity contribution in [3.05, 3.63) is 23.8 Å². The average Bonchev–Trinajstić information content (AvgIpc) is 2.38. The molecular formula is C14H20N2O3. The van der Waals surface area contributed by atoms with E-state index in [-0.39, 0.29) is 23.0 Å². The molecule has 1 aliphatic heterocycles. The number of hydrogen-bond acceptors (Lipinski definition) is 4. The van der Waals surface area contributed by atoms with Crippen LogP contribution in [0.1, 0.15) is 23.7 Å². The third-order valence-electron chi connectivity index (χ3n) is 3.80. The minimum atomic E-state index is -0.308. The molecule has 5 nitrogen and oxygen atoms in total. The van der Waals surface area contributed by atoms with Gasteiger partial charge in [-0.2, -0.15) is 0 Å². The first-order chi connectivity index (χ1) is 9.04. The molecule has 1 aromatic rings. The molecule has 1 fully saturated rings. The number of nitrogens with zero attached hydrogens (tertiary/aromatic N) is 1. The molecule has 1 aromatic carbocycles. The normalized spacial score (nSPS) is 23.4. The molecule has 0 bridgehead atoms. The van der Waals surface area contributed by atoms with Crippen molar-refractivity contribution in [3.63, 3.8) is 0 Å². The van der Waals surface area contributed by atoms with E-state index in [0.29, 0.717) is 25.0 Å². The Labute approximate surface area is 112 Å². The van der Waals surface area contributed by atoms with E-state index < -0.39 is 0 Å². The number of phenolic OH excluding ortho intramolecular Hbond substituents is 2. The summed E-state index contributed by atoms with van der Waals surface area (Å²) in [4.78, 5) is 14.1. The summed E-state index contributed by atoms with van der Waals surface area (Å²) in [5.74, 6) is -0.311. The fourth-order valence-corrected chi connectivity index (χ4v) is 2.66. The Morgan fingerprint density at radius 3 is 2.53 bits per heavy atom. The van der Waals surface area contributed by atoms with E-state index in [1.54, 1.807) is 4.90 Å². The van der Waals surface area contributed by atoms with Gasteiger partial charge in [-0.1, -0.05) is 13.0 Å². The molecule has 3 N–H and O–H groups in total. The van der Waals surface area contributed by atoms with E-state index in [1.165, 1.54) is 18.2 Å². The van der Waals surface area contributed by atoms with Gasteiger partial charge in [-0.25, -0.2) is 0 Å². The number of aromatic hydroxyl groups is 2. The maximum absolute atomic E-state index is 12.4. The Kier molecular flexibility index (Phi) is 3.95. The molecule has 0 aliphatic carbocycles. The number of benzene rings is 1. The Hall–Kier alpha value is -1.75. The minimum absolute atomic E-state index is 0.00222. The fourth-order valence-electron chi connectivity index (χ4n) is 2.66. The van der Waals surface area contributed by atoms with Crippen molar-refractivity contribution >= 4 is 5.91 Å². The van der Waals surface area contributed by atoms with Gasteiger partial charge in [-0.3, -0.25) is 4.79 Å². The van der Waals surface area contributed by atoms with Crippen molar-refractivity contribution in [1.82, 2.24) is 10.2 Å². The topological polar surface area (TPSA) is 72.8 Å². The first kappa shape index (κ1) is 13.7. The molecule has 2 unspecified atom stereocenters. The van der Waals surface area contributed by atoms with E-state index in [1.807, 2.05) is 7.05 Å². The molecule has 1 aliphatic rings. The zero-order valence-electron chi connectivity index (χ0n) is 11.3. The second-order valence-electron chi connectivity index (χ2n) is 5.08. The summed E-state index contributed by atoms with van der Waals surface area (Å²) in [6.07, 6.45) is 0.873. The Morgan fingerprint density at radius 1 is 1.37 bits per heavy atom. The number of hydrogen-bond donors (Lipinski definition) is 3. The van der Waals surface area contributed by atoms with Gasteiger partial charge in [-0.15, -0.1) is 0 Å². The molecule has 1 amide bonds. The summed E-state index contributed by atoms with van der Waals surface area (Å²) < 4.78 is 0. The van der Waals surface area contributed by atoms with Crippen LogP contribution in [-0.4, -0.2) is 47.2 Å². The van der Waals surface area contributed by atoms with Crippen molar-refractivity contribution in [3.8, 4) is 11.5 Å². The largest absolute Gasteiger partial charge is 0.507 e. The van der Waals surface area contributed by atoms with E-state index in [4.69, 9.17) is 0 Å². The summed E-state index contributed by atoms with van der Waals surface area (Å²) >= 11 is 0. The number of likely N-dealkylation sites (tertiary alicyclic amines) is 1. The van der Waals surface area contributed by atoms with Crippen LogP contribution in [0.15, 0.2) is 18.2 Å². The molecule has 2 atom stereocenters. The lowest BCUT2D eigenvalue weighted by atomic mass is 9.93. The van der Waals surface area contributed by atoms with Gasteiger partial charge in [0.2, 0.25) is 0 Å².